The second kappa shape index (κ2) is 13.6. The molecule has 0 radical (unpaired) electrons. The van der Waals surface area contributed by atoms with Gasteiger partial charge in [0, 0.05) is 32.7 Å². The molecule has 0 aliphatic carbocycles. The fraction of sp³-hybridized carbons (Fsp3) is 0.952. The molecule has 2 aliphatic rings. The summed E-state index contributed by atoms with van der Waals surface area (Å²) in [5.41, 5.74) is 0. The number of ketones is 1. The maximum absolute atomic E-state index is 12.0. The van der Waals surface area contributed by atoms with Gasteiger partial charge in [-0.25, -0.2) is 0 Å². The van der Waals surface area contributed by atoms with Gasteiger partial charge in [-0.15, -0.1) is 0 Å². The highest BCUT2D eigenvalue weighted by Crippen LogP contribution is 2.18. The van der Waals surface area contributed by atoms with Gasteiger partial charge in [-0.05, 0) is 71.1 Å². The molecule has 3 atom stereocenters. The van der Waals surface area contributed by atoms with Gasteiger partial charge in [-0.1, -0.05) is 6.42 Å². The van der Waals surface area contributed by atoms with Crippen molar-refractivity contribution in [2.45, 2.75) is 109 Å². The van der Waals surface area contributed by atoms with E-state index in [9.17, 15) is 4.79 Å². The van der Waals surface area contributed by atoms with Crippen LogP contribution in [0.3, 0.4) is 0 Å². The zero-order valence-corrected chi connectivity index (χ0v) is 16.6. The molecule has 0 aromatic carbocycles. The highest BCUT2D eigenvalue weighted by Gasteiger charge is 2.17. The Bertz CT molecular complexity index is 361. The molecule has 0 spiro atoms. The summed E-state index contributed by atoms with van der Waals surface area (Å²) in [5.74, 6) is 0.377. The van der Waals surface area contributed by atoms with Gasteiger partial charge in [0.2, 0.25) is 0 Å². The molecule has 5 heteroatoms. The molecular weight excluding hydrogens is 332 g/mol. The first kappa shape index (κ1) is 21.8. The van der Waals surface area contributed by atoms with E-state index in [0.29, 0.717) is 18.6 Å². The van der Waals surface area contributed by atoms with Crippen molar-refractivity contribution in [1.29, 1.82) is 0 Å². The Morgan fingerprint density at radius 2 is 1.62 bits per heavy atom. The molecule has 2 saturated heterocycles. The quantitative estimate of drug-likeness (QED) is 0.438. The minimum atomic E-state index is -0.0318. The van der Waals surface area contributed by atoms with Gasteiger partial charge in [0.15, 0.2) is 12.6 Å². The van der Waals surface area contributed by atoms with Crippen LogP contribution in [0.4, 0.5) is 0 Å². The second-order valence-corrected chi connectivity index (χ2v) is 7.65. The van der Waals surface area contributed by atoms with Crippen LogP contribution in [-0.2, 0) is 23.7 Å². The van der Waals surface area contributed by atoms with Crippen molar-refractivity contribution < 1.29 is 23.7 Å². The van der Waals surface area contributed by atoms with E-state index in [2.05, 4.69) is 6.92 Å². The second-order valence-electron chi connectivity index (χ2n) is 7.65. The zero-order valence-electron chi connectivity index (χ0n) is 16.6. The van der Waals surface area contributed by atoms with Crippen LogP contribution < -0.4 is 0 Å². The van der Waals surface area contributed by atoms with E-state index >= 15 is 0 Å². The van der Waals surface area contributed by atoms with E-state index in [4.69, 9.17) is 18.9 Å². The summed E-state index contributed by atoms with van der Waals surface area (Å²) < 4.78 is 22.7. The highest BCUT2D eigenvalue weighted by molar-refractivity contribution is 5.78. The fourth-order valence-electron chi connectivity index (χ4n) is 3.52. The maximum Gasteiger partial charge on any atom is 0.157 e. The summed E-state index contributed by atoms with van der Waals surface area (Å²) in [7, 11) is 0. The van der Waals surface area contributed by atoms with Gasteiger partial charge in [0.25, 0.3) is 0 Å². The van der Waals surface area contributed by atoms with Gasteiger partial charge in [-0.3, -0.25) is 4.79 Å². The van der Waals surface area contributed by atoms with Crippen molar-refractivity contribution in [3.8, 4) is 0 Å². The minimum Gasteiger partial charge on any atom is -0.353 e. The summed E-state index contributed by atoms with van der Waals surface area (Å²) in [5, 5.41) is 0. The van der Waals surface area contributed by atoms with Crippen molar-refractivity contribution in [3.05, 3.63) is 0 Å². The molecule has 26 heavy (non-hydrogen) atoms. The Morgan fingerprint density at radius 3 is 2.31 bits per heavy atom. The number of hydrogen-bond acceptors (Lipinski definition) is 5. The Kier molecular flexibility index (Phi) is 11.4. The summed E-state index contributed by atoms with van der Waals surface area (Å²) >= 11 is 0. The molecule has 152 valence electrons. The number of unbranched alkanes of at least 4 members (excludes halogenated alkanes) is 2. The van der Waals surface area contributed by atoms with Crippen LogP contribution in [0, 0.1) is 0 Å². The van der Waals surface area contributed by atoms with Crippen LogP contribution in [0.25, 0.3) is 0 Å². The minimum absolute atomic E-state index is 0.00796. The molecule has 0 saturated carbocycles. The average Bonchev–Trinajstić information content (AvgIpc) is 2.66. The van der Waals surface area contributed by atoms with E-state index in [1.54, 1.807) is 0 Å². The molecule has 2 unspecified atom stereocenters. The molecule has 5 nitrogen and oxygen atoms in total. The number of hydrogen-bond donors (Lipinski definition) is 0. The monoisotopic (exact) mass is 370 g/mol. The highest BCUT2D eigenvalue weighted by atomic mass is 16.7. The third-order valence-corrected chi connectivity index (χ3v) is 5.13. The Morgan fingerprint density at radius 1 is 0.923 bits per heavy atom. The van der Waals surface area contributed by atoms with Crippen molar-refractivity contribution in [2.75, 3.05) is 19.8 Å². The molecule has 0 aromatic rings. The molecular formula is C21H38O5. The van der Waals surface area contributed by atoms with Gasteiger partial charge in [0.05, 0.1) is 6.10 Å². The molecule has 0 N–H and O–H groups in total. The molecule has 2 heterocycles. The number of carbonyl (C=O) groups is 1. The Hall–Kier alpha value is -0.490. The van der Waals surface area contributed by atoms with Gasteiger partial charge < -0.3 is 18.9 Å². The predicted molar refractivity (Wildman–Crippen MR) is 101 cm³/mol. The molecule has 2 rings (SSSR count). The Labute approximate surface area is 159 Å². The first-order valence-electron chi connectivity index (χ1n) is 10.8. The number of rotatable bonds is 13. The summed E-state index contributed by atoms with van der Waals surface area (Å²) in [6, 6.07) is 0. The third-order valence-electron chi connectivity index (χ3n) is 5.13. The first-order chi connectivity index (χ1) is 12.7. The fourth-order valence-corrected chi connectivity index (χ4v) is 3.52. The largest absolute Gasteiger partial charge is 0.353 e. The number of ether oxygens (including phenoxy) is 4. The number of carbonyl (C=O) groups excluding carboxylic acids is 1. The smallest absolute Gasteiger partial charge is 0.157 e. The maximum atomic E-state index is 12.0. The Balaban J connectivity index is 1.37. The standard InChI is InChI=1S/C21H38O5/c1-18(26-21-14-5-8-17-25-21)10-9-12-19(22)11-3-2-6-15-23-20-13-4-7-16-24-20/h18,20-21H,2-17H2,1H3/t18-,20?,21?/m0/s1. The lowest BCUT2D eigenvalue weighted by atomic mass is 10.1. The average molecular weight is 371 g/mol. The van der Waals surface area contributed by atoms with Crippen LogP contribution in [0.2, 0.25) is 0 Å². The lowest BCUT2D eigenvalue weighted by molar-refractivity contribution is -0.185. The molecule has 0 aromatic heterocycles. The zero-order chi connectivity index (χ0) is 18.5. The van der Waals surface area contributed by atoms with Crippen LogP contribution >= 0.6 is 0 Å². The summed E-state index contributed by atoms with van der Waals surface area (Å²) in [4.78, 5) is 12.0. The molecule has 2 aliphatic heterocycles. The van der Waals surface area contributed by atoms with E-state index in [1.807, 2.05) is 0 Å². The van der Waals surface area contributed by atoms with Gasteiger partial charge >= 0.3 is 0 Å². The number of Topliss-reactive ketones (excluding diaryl/α,β-unsaturated/α-hetero) is 1. The van der Waals surface area contributed by atoms with Crippen LogP contribution in [0.1, 0.15) is 90.4 Å². The van der Waals surface area contributed by atoms with Crippen molar-refractivity contribution in [3.63, 3.8) is 0 Å². The van der Waals surface area contributed by atoms with Crippen molar-refractivity contribution in [2.24, 2.45) is 0 Å². The first-order valence-corrected chi connectivity index (χ1v) is 10.8. The lowest BCUT2D eigenvalue weighted by Crippen LogP contribution is -2.26. The van der Waals surface area contributed by atoms with Gasteiger partial charge in [0.1, 0.15) is 5.78 Å². The van der Waals surface area contributed by atoms with E-state index in [0.717, 1.165) is 77.6 Å². The molecule has 0 amide bonds. The van der Waals surface area contributed by atoms with E-state index in [1.165, 1.54) is 12.8 Å². The predicted octanol–water partition coefficient (Wildman–Crippen LogP) is 4.76. The lowest BCUT2D eigenvalue weighted by Gasteiger charge is -2.26. The third kappa shape index (κ3) is 10.0. The molecule has 0 bridgehead atoms. The van der Waals surface area contributed by atoms with E-state index in [-0.39, 0.29) is 18.7 Å². The molecule has 2 fully saturated rings. The van der Waals surface area contributed by atoms with Gasteiger partial charge in [-0.2, -0.15) is 0 Å². The SMILES string of the molecule is C[C@@H](CCCC(=O)CCCCCOC1CCCCO1)OC1CCCCO1. The topological polar surface area (TPSA) is 54.0 Å². The normalized spacial score (nSPS) is 25.1. The van der Waals surface area contributed by atoms with Crippen LogP contribution in [-0.4, -0.2) is 44.3 Å². The van der Waals surface area contributed by atoms with Crippen LogP contribution in [0.5, 0.6) is 0 Å². The van der Waals surface area contributed by atoms with E-state index < -0.39 is 0 Å². The van der Waals surface area contributed by atoms with Crippen LogP contribution in [0.15, 0.2) is 0 Å². The van der Waals surface area contributed by atoms with Crippen molar-refractivity contribution >= 4 is 5.78 Å². The summed E-state index contributed by atoms with van der Waals surface area (Å²) in [6.45, 7) is 4.47. The van der Waals surface area contributed by atoms with Crippen molar-refractivity contribution in [1.82, 2.24) is 0 Å². The summed E-state index contributed by atoms with van der Waals surface area (Å²) in [6.07, 6.45) is 13.1.